The van der Waals surface area contributed by atoms with E-state index in [0.29, 0.717) is 17.0 Å². The lowest BCUT2D eigenvalue weighted by Gasteiger charge is -2.04. The van der Waals surface area contributed by atoms with E-state index >= 15 is 0 Å². The molecule has 1 aliphatic carbocycles. The third kappa shape index (κ3) is 1.78. The first-order chi connectivity index (χ1) is 11.3. The molecule has 5 rings (SSSR count). The number of fused-ring (bicyclic) bond motifs is 5. The van der Waals surface area contributed by atoms with Crippen LogP contribution in [-0.2, 0) is 6.54 Å². The molecule has 0 spiro atoms. The van der Waals surface area contributed by atoms with Gasteiger partial charge in [-0.2, -0.15) is 4.98 Å². The number of nitrogens with zero attached hydrogens (tertiary/aromatic N) is 5. The minimum Gasteiger partial charge on any atom is -0.322 e. The van der Waals surface area contributed by atoms with E-state index in [1.807, 2.05) is 51.7 Å². The van der Waals surface area contributed by atoms with Gasteiger partial charge < -0.3 is 4.57 Å². The number of rotatable bonds is 2. The summed E-state index contributed by atoms with van der Waals surface area (Å²) < 4.78 is 4.56. The van der Waals surface area contributed by atoms with Crippen LogP contribution in [0.1, 0.15) is 11.3 Å². The van der Waals surface area contributed by atoms with E-state index in [9.17, 15) is 0 Å². The molecule has 0 unspecified atom stereocenters. The first-order valence-corrected chi connectivity index (χ1v) is 7.72. The number of hydrogen-bond acceptors (Lipinski definition) is 4. The van der Waals surface area contributed by atoms with Crippen LogP contribution in [0, 0.1) is 4.64 Å². The summed E-state index contributed by atoms with van der Waals surface area (Å²) in [5, 5.41) is 1.01. The fourth-order valence-electron chi connectivity index (χ4n) is 3.03. The molecule has 1 aromatic carbocycles. The van der Waals surface area contributed by atoms with Crippen LogP contribution >= 0.6 is 12.2 Å². The topological polar surface area (TPSA) is 48.0 Å². The van der Waals surface area contributed by atoms with Gasteiger partial charge in [-0.05, 0) is 17.7 Å². The first-order valence-electron chi connectivity index (χ1n) is 7.31. The molecule has 0 atom stereocenters. The zero-order chi connectivity index (χ0) is 15.4. The lowest BCUT2D eigenvalue weighted by Crippen LogP contribution is -2.11. The zero-order valence-electron chi connectivity index (χ0n) is 12.0. The molecule has 3 heterocycles. The second-order valence-electron chi connectivity index (χ2n) is 5.49. The van der Waals surface area contributed by atoms with Crippen molar-refractivity contribution in [2.45, 2.75) is 6.54 Å². The Labute approximate surface area is 136 Å². The Bertz CT molecular complexity index is 1200. The van der Waals surface area contributed by atoms with Crippen molar-refractivity contribution in [2.24, 2.45) is 0 Å². The molecular formula is C17H11N5S. The van der Waals surface area contributed by atoms with Gasteiger partial charge in [0.1, 0.15) is 5.52 Å². The van der Waals surface area contributed by atoms with Crippen molar-refractivity contribution in [1.82, 2.24) is 23.9 Å². The summed E-state index contributed by atoms with van der Waals surface area (Å²) in [6.07, 6.45) is 7.80. The van der Waals surface area contributed by atoms with Crippen LogP contribution in [0.4, 0.5) is 0 Å². The van der Waals surface area contributed by atoms with E-state index in [4.69, 9.17) is 12.2 Å². The summed E-state index contributed by atoms with van der Waals surface area (Å²) in [5.74, 6) is 0.609. The molecule has 5 nitrogen and oxygen atoms in total. The summed E-state index contributed by atoms with van der Waals surface area (Å²) >= 11 is 5.49. The third-order valence-electron chi connectivity index (χ3n) is 4.06. The molecule has 110 valence electrons. The summed E-state index contributed by atoms with van der Waals surface area (Å²) in [4.78, 5) is 13.6. The standard InChI is InChI=1S/C17H11N5S/c23-16-14-15(18-10-21(14)9-11-5-2-1-3-6-11)22-13-8-4-7-12(13)19-17(22)20-16/h1-8,10H,9H2. The molecule has 0 amide bonds. The molecule has 0 bridgehead atoms. The van der Waals surface area contributed by atoms with E-state index in [1.54, 1.807) is 0 Å². The Morgan fingerprint density at radius 2 is 1.96 bits per heavy atom. The Morgan fingerprint density at radius 3 is 2.83 bits per heavy atom. The van der Waals surface area contributed by atoms with E-state index in [1.165, 1.54) is 5.56 Å². The number of hydrogen-bond donors (Lipinski definition) is 0. The monoisotopic (exact) mass is 317 g/mol. The Kier molecular flexibility index (Phi) is 2.51. The SMILES string of the molecule is S=c1nc2nc3c(n2c2ncn(Cc4ccccc4)c12)=CC=C3. The van der Waals surface area contributed by atoms with Crippen LogP contribution in [0.3, 0.4) is 0 Å². The molecule has 0 radical (unpaired) electrons. The number of imidazole rings is 2. The van der Waals surface area contributed by atoms with Crippen LogP contribution in [0.2, 0.25) is 0 Å². The van der Waals surface area contributed by atoms with Gasteiger partial charge in [-0.15, -0.1) is 0 Å². The Hall–Kier alpha value is -2.86. The summed E-state index contributed by atoms with van der Waals surface area (Å²) in [7, 11) is 0. The van der Waals surface area contributed by atoms with Crippen LogP contribution in [-0.4, -0.2) is 23.9 Å². The van der Waals surface area contributed by atoms with Gasteiger partial charge in [-0.25, -0.2) is 9.97 Å². The minimum atomic E-state index is 0.536. The summed E-state index contributed by atoms with van der Waals surface area (Å²) in [6, 6.07) is 10.3. The number of benzene rings is 1. The molecule has 6 heteroatoms. The van der Waals surface area contributed by atoms with Crippen molar-refractivity contribution in [1.29, 1.82) is 0 Å². The average molecular weight is 317 g/mol. The highest BCUT2D eigenvalue weighted by atomic mass is 32.1. The smallest absolute Gasteiger partial charge is 0.238 e. The van der Waals surface area contributed by atoms with E-state index in [0.717, 1.165) is 22.2 Å². The highest BCUT2D eigenvalue weighted by Crippen LogP contribution is 2.17. The van der Waals surface area contributed by atoms with E-state index < -0.39 is 0 Å². The van der Waals surface area contributed by atoms with Gasteiger partial charge >= 0.3 is 0 Å². The molecule has 0 saturated carbocycles. The molecule has 0 aliphatic heterocycles. The molecule has 3 aromatic heterocycles. The molecular weight excluding hydrogens is 306 g/mol. The largest absolute Gasteiger partial charge is 0.322 e. The molecule has 1 aliphatic rings. The maximum absolute atomic E-state index is 5.49. The third-order valence-corrected chi connectivity index (χ3v) is 4.35. The fraction of sp³-hybridized carbons (Fsp3) is 0.0588. The lowest BCUT2D eigenvalue weighted by molar-refractivity contribution is 0.822. The Balaban J connectivity index is 1.81. The van der Waals surface area contributed by atoms with Crippen molar-refractivity contribution in [3.8, 4) is 0 Å². The van der Waals surface area contributed by atoms with Crippen LogP contribution in [0.25, 0.3) is 29.1 Å². The van der Waals surface area contributed by atoms with Gasteiger partial charge in [-0.3, -0.25) is 4.40 Å². The average Bonchev–Trinajstić information content (AvgIpc) is 3.22. The number of aromatic nitrogens is 5. The van der Waals surface area contributed by atoms with Crippen molar-refractivity contribution < 1.29 is 0 Å². The van der Waals surface area contributed by atoms with Gasteiger partial charge in [-0.1, -0.05) is 48.6 Å². The minimum absolute atomic E-state index is 0.536. The van der Waals surface area contributed by atoms with Crippen LogP contribution in [0.15, 0.2) is 42.7 Å². The molecule has 4 aromatic rings. The van der Waals surface area contributed by atoms with Crippen LogP contribution in [0.5, 0.6) is 0 Å². The molecule has 23 heavy (non-hydrogen) atoms. The lowest BCUT2D eigenvalue weighted by atomic mass is 10.2. The van der Waals surface area contributed by atoms with Gasteiger partial charge in [0, 0.05) is 6.54 Å². The van der Waals surface area contributed by atoms with Crippen molar-refractivity contribution in [3.63, 3.8) is 0 Å². The van der Waals surface area contributed by atoms with Crippen molar-refractivity contribution in [2.75, 3.05) is 0 Å². The quantitative estimate of drug-likeness (QED) is 0.533. The van der Waals surface area contributed by atoms with Crippen molar-refractivity contribution >= 4 is 41.3 Å². The maximum atomic E-state index is 5.49. The Morgan fingerprint density at radius 1 is 1.09 bits per heavy atom. The van der Waals surface area contributed by atoms with Gasteiger partial charge in [0.15, 0.2) is 10.3 Å². The molecule has 0 fully saturated rings. The van der Waals surface area contributed by atoms with Gasteiger partial charge in [0.2, 0.25) is 5.78 Å². The molecule has 0 N–H and O–H groups in total. The normalized spacial score (nSPS) is 12.9. The van der Waals surface area contributed by atoms with Crippen LogP contribution < -0.4 is 5.35 Å². The molecule has 0 saturated heterocycles. The van der Waals surface area contributed by atoms with E-state index in [2.05, 4.69) is 27.1 Å². The predicted molar refractivity (Wildman–Crippen MR) is 91.4 cm³/mol. The second kappa shape index (κ2) is 4.57. The maximum Gasteiger partial charge on any atom is 0.238 e. The second-order valence-corrected chi connectivity index (χ2v) is 5.88. The van der Waals surface area contributed by atoms with Gasteiger partial charge in [0.05, 0.1) is 17.4 Å². The summed E-state index contributed by atoms with van der Waals surface area (Å²) in [5.41, 5.74) is 3.80. The zero-order valence-corrected chi connectivity index (χ0v) is 12.9. The van der Waals surface area contributed by atoms with E-state index in [-0.39, 0.29) is 0 Å². The van der Waals surface area contributed by atoms with Crippen molar-refractivity contribution in [3.05, 3.63) is 64.0 Å². The van der Waals surface area contributed by atoms with Gasteiger partial charge in [0.25, 0.3) is 0 Å². The highest BCUT2D eigenvalue weighted by Gasteiger charge is 2.15. The summed E-state index contributed by atoms with van der Waals surface area (Å²) in [6.45, 7) is 0.715. The highest BCUT2D eigenvalue weighted by molar-refractivity contribution is 7.71. The predicted octanol–water partition coefficient (Wildman–Crippen LogP) is 2.38. The fourth-order valence-corrected chi connectivity index (χ4v) is 3.32. The first kappa shape index (κ1) is 12.7. The number of allylic oxidation sites excluding steroid dienone is 1.